The van der Waals surface area contributed by atoms with Gasteiger partial charge in [0.15, 0.2) is 11.5 Å². The van der Waals surface area contributed by atoms with E-state index in [9.17, 15) is 4.79 Å². The standard InChI is InChI=1S/C22H21N3O4/c1-12-5-6-16-14(7-12)15(10-23-16)22-24-11-17(25-22)20(26)13-8-18(27-2)21(29-4)19(9-13)28-3/h5-11,23H,1-4H3,(H,24,25). The predicted molar refractivity (Wildman–Crippen MR) is 110 cm³/mol. The number of methoxy groups -OCH3 is 3. The first kappa shape index (κ1) is 18.6. The van der Waals surface area contributed by atoms with Crippen LogP contribution in [0, 0.1) is 6.92 Å². The Balaban J connectivity index is 1.73. The van der Waals surface area contributed by atoms with Crippen LogP contribution in [-0.2, 0) is 0 Å². The van der Waals surface area contributed by atoms with E-state index in [0.717, 1.165) is 22.0 Å². The molecule has 29 heavy (non-hydrogen) atoms. The number of H-pyrrole nitrogens is 2. The Morgan fingerprint density at radius 3 is 2.38 bits per heavy atom. The van der Waals surface area contributed by atoms with Crippen LogP contribution < -0.4 is 14.2 Å². The number of fused-ring (bicyclic) bond motifs is 1. The van der Waals surface area contributed by atoms with E-state index < -0.39 is 0 Å². The molecule has 0 aliphatic carbocycles. The van der Waals surface area contributed by atoms with Crippen molar-refractivity contribution in [3.05, 3.63) is 59.5 Å². The molecule has 0 unspecified atom stereocenters. The summed E-state index contributed by atoms with van der Waals surface area (Å²) in [5.41, 5.74) is 3.85. The summed E-state index contributed by atoms with van der Waals surface area (Å²) in [7, 11) is 4.55. The second-order valence-corrected chi connectivity index (χ2v) is 6.64. The Morgan fingerprint density at radius 1 is 1.00 bits per heavy atom. The molecule has 0 bridgehead atoms. The number of aryl methyl sites for hydroxylation is 1. The third kappa shape index (κ3) is 3.20. The molecular formula is C22H21N3O4. The fourth-order valence-electron chi connectivity index (χ4n) is 3.37. The minimum atomic E-state index is -0.223. The number of aromatic nitrogens is 3. The fraction of sp³-hybridized carbons (Fsp3) is 0.182. The second-order valence-electron chi connectivity index (χ2n) is 6.64. The van der Waals surface area contributed by atoms with Crippen LogP contribution in [0.4, 0.5) is 0 Å². The van der Waals surface area contributed by atoms with E-state index in [2.05, 4.69) is 21.0 Å². The molecule has 2 aromatic carbocycles. The van der Waals surface area contributed by atoms with Gasteiger partial charge in [0.25, 0.3) is 0 Å². The average molecular weight is 391 g/mol. The highest BCUT2D eigenvalue weighted by Crippen LogP contribution is 2.38. The lowest BCUT2D eigenvalue weighted by Gasteiger charge is -2.13. The van der Waals surface area contributed by atoms with Crippen molar-refractivity contribution in [1.82, 2.24) is 15.0 Å². The molecule has 0 spiro atoms. The first-order valence-corrected chi connectivity index (χ1v) is 9.03. The second kappa shape index (κ2) is 7.35. The highest BCUT2D eigenvalue weighted by Gasteiger charge is 2.20. The average Bonchev–Trinajstić information content (AvgIpc) is 3.38. The van der Waals surface area contributed by atoms with Gasteiger partial charge in [0, 0.05) is 28.2 Å². The van der Waals surface area contributed by atoms with Gasteiger partial charge >= 0.3 is 0 Å². The molecule has 7 nitrogen and oxygen atoms in total. The monoisotopic (exact) mass is 391 g/mol. The number of carbonyl (C=O) groups is 1. The summed E-state index contributed by atoms with van der Waals surface area (Å²) >= 11 is 0. The molecule has 0 radical (unpaired) electrons. The molecule has 0 saturated heterocycles. The van der Waals surface area contributed by atoms with Gasteiger partial charge in [0.2, 0.25) is 11.5 Å². The number of benzene rings is 2. The molecule has 2 aromatic heterocycles. The first-order chi connectivity index (χ1) is 14.0. The normalized spacial score (nSPS) is 10.9. The molecule has 2 heterocycles. The maximum atomic E-state index is 13.1. The van der Waals surface area contributed by atoms with Crippen molar-refractivity contribution in [3.63, 3.8) is 0 Å². The van der Waals surface area contributed by atoms with Crippen molar-refractivity contribution < 1.29 is 19.0 Å². The number of carbonyl (C=O) groups excluding carboxylic acids is 1. The maximum Gasteiger partial charge on any atom is 0.211 e. The lowest BCUT2D eigenvalue weighted by molar-refractivity contribution is 0.103. The van der Waals surface area contributed by atoms with Gasteiger partial charge in [-0.15, -0.1) is 0 Å². The third-order valence-corrected chi connectivity index (χ3v) is 4.84. The van der Waals surface area contributed by atoms with Gasteiger partial charge in [-0.25, -0.2) is 4.98 Å². The maximum absolute atomic E-state index is 13.1. The Kier molecular flexibility index (Phi) is 4.72. The van der Waals surface area contributed by atoms with Crippen LogP contribution in [0.25, 0.3) is 22.3 Å². The van der Waals surface area contributed by atoms with Crippen molar-refractivity contribution in [2.24, 2.45) is 0 Å². The number of ketones is 1. The summed E-state index contributed by atoms with van der Waals surface area (Å²) in [6, 6.07) is 9.41. The number of aromatic amines is 2. The van der Waals surface area contributed by atoms with E-state index in [0.29, 0.717) is 34.3 Å². The lowest BCUT2D eigenvalue weighted by atomic mass is 10.1. The van der Waals surface area contributed by atoms with Gasteiger partial charge in [0.05, 0.1) is 27.5 Å². The van der Waals surface area contributed by atoms with E-state index in [1.807, 2.05) is 25.3 Å². The number of nitrogens with one attached hydrogen (secondary N) is 2. The van der Waals surface area contributed by atoms with E-state index in [1.54, 1.807) is 12.1 Å². The molecule has 148 valence electrons. The van der Waals surface area contributed by atoms with Crippen molar-refractivity contribution in [3.8, 4) is 28.6 Å². The summed E-state index contributed by atoms with van der Waals surface area (Å²) in [4.78, 5) is 23.8. The zero-order valence-electron chi connectivity index (χ0n) is 16.6. The summed E-state index contributed by atoms with van der Waals surface area (Å²) < 4.78 is 16.0. The molecule has 0 aliphatic rings. The van der Waals surface area contributed by atoms with Crippen LogP contribution in [-0.4, -0.2) is 42.1 Å². The van der Waals surface area contributed by atoms with Gasteiger partial charge in [-0.1, -0.05) is 11.6 Å². The Morgan fingerprint density at radius 2 is 1.72 bits per heavy atom. The molecule has 0 saturated carbocycles. The van der Waals surface area contributed by atoms with E-state index in [-0.39, 0.29) is 5.78 Å². The van der Waals surface area contributed by atoms with Gasteiger partial charge in [-0.05, 0) is 31.2 Å². The zero-order chi connectivity index (χ0) is 20.5. The molecule has 0 aliphatic heterocycles. The number of ether oxygens (including phenoxy) is 3. The largest absolute Gasteiger partial charge is 0.493 e. The van der Waals surface area contributed by atoms with Gasteiger partial charge < -0.3 is 24.2 Å². The van der Waals surface area contributed by atoms with Gasteiger partial charge in [0.1, 0.15) is 11.5 Å². The minimum Gasteiger partial charge on any atom is -0.493 e. The Hall–Kier alpha value is -3.74. The van der Waals surface area contributed by atoms with Crippen LogP contribution in [0.2, 0.25) is 0 Å². The molecular weight excluding hydrogens is 370 g/mol. The topological polar surface area (TPSA) is 89.2 Å². The van der Waals surface area contributed by atoms with Crippen molar-refractivity contribution >= 4 is 16.7 Å². The molecule has 7 heteroatoms. The number of nitrogens with zero attached hydrogens (tertiary/aromatic N) is 1. The van der Waals surface area contributed by atoms with Crippen LogP contribution in [0.5, 0.6) is 17.2 Å². The first-order valence-electron chi connectivity index (χ1n) is 9.03. The molecule has 4 aromatic rings. The van der Waals surface area contributed by atoms with Crippen LogP contribution in [0.1, 0.15) is 21.6 Å². The summed E-state index contributed by atoms with van der Waals surface area (Å²) in [6.45, 7) is 2.04. The van der Waals surface area contributed by atoms with Crippen LogP contribution >= 0.6 is 0 Å². The van der Waals surface area contributed by atoms with Crippen LogP contribution in [0.3, 0.4) is 0 Å². The quantitative estimate of drug-likeness (QED) is 0.483. The number of imidazole rings is 1. The predicted octanol–water partition coefficient (Wildman–Crippen LogP) is 4.12. The summed E-state index contributed by atoms with van der Waals surface area (Å²) in [5.74, 6) is 1.67. The van der Waals surface area contributed by atoms with E-state index in [4.69, 9.17) is 14.2 Å². The number of hydrogen-bond donors (Lipinski definition) is 2. The fourth-order valence-corrected chi connectivity index (χ4v) is 3.37. The van der Waals surface area contributed by atoms with E-state index in [1.165, 1.54) is 27.5 Å². The van der Waals surface area contributed by atoms with Crippen molar-refractivity contribution in [2.75, 3.05) is 21.3 Å². The third-order valence-electron chi connectivity index (χ3n) is 4.84. The van der Waals surface area contributed by atoms with Gasteiger partial charge in [-0.2, -0.15) is 0 Å². The minimum absolute atomic E-state index is 0.223. The van der Waals surface area contributed by atoms with E-state index >= 15 is 0 Å². The highest BCUT2D eigenvalue weighted by atomic mass is 16.5. The van der Waals surface area contributed by atoms with Crippen molar-refractivity contribution in [2.45, 2.75) is 6.92 Å². The number of hydrogen-bond acceptors (Lipinski definition) is 5. The van der Waals surface area contributed by atoms with Crippen molar-refractivity contribution in [1.29, 1.82) is 0 Å². The molecule has 4 rings (SSSR count). The highest BCUT2D eigenvalue weighted by molar-refractivity contribution is 6.09. The molecule has 0 fully saturated rings. The Bertz CT molecular complexity index is 1180. The molecule has 0 amide bonds. The zero-order valence-corrected chi connectivity index (χ0v) is 16.6. The molecule has 2 N–H and O–H groups in total. The SMILES string of the molecule is COc1cc(C(=O)c2cnc(-c3c[nH]c4ccc(C)cc34)[nH]2)cc(OC)c1OC. The summed E-state index contributed by atoms with van der Waals surface area (Å²) in [6.07, 6.45) is 3.42. The molecule has 0 atom stereocenters. The van der Waals surface area contributed by atoms with Gasteiger partial charge in [-0.3, -0.25) is 4.79 Å². The number of rotatable bonds is 6. The lowest BCUT2D eigenvalue weighted by Crippen LogP contribution is -2.04. The van der Waals surface area contributed by atoms with Crippen LogP contribution in [0.15, 0.2) is 42.7 Å². The smallest absolute Gasteiger partial charge is 0.211 e. The summed E-state index contributed by atoms with van der Waals surface area (Å²) in [5, 5.41) is 1.05. The Labute approximate surface area is 167 Å².